The molecule has 1 N–H and O–H groups in total. The van der Waals surface area contributed by atoms with E-state index in [-0.39, 0.29) is 12.5 Å². The van der Waals surface area contributed by atoms with E-state index < -0.39 is 5.97 Å². The molecule has 4 nitrogen and oxygen atoms in total. The zero-order chi connectivity index (χ0) is 16.5. The molecule has 0 amide bonds. The highest BCUT2D eigenvalue weighted by molar-refractivity contribution is 5.63. The van der Waals surface area contributed by atoms with Gasteiger partial charge in [-0.2, -0.15) is 0 Å². The topological polar surface area (TPSA) is 69.6 Å². The molecule has 1 unspecified atom stereocenters. The number of carbonyl (C=O) groups excluding carboxylic acids is 1. The molecule has 0 heterocycles. The molecule has 0 radical (unpaired) electrons. The van der Waals surface area contributed by atoms with Crippen LogP contribution in [0.2, 0.25) is 0 Å². The number of unbranched alkanes of at least 4 members (excludes halogenated alkanes) is 9. The van der Waals surface area contributed by atoms with E-state index in [4.69, 9.17) is 5.26 Å². The molecular weight excluding hydrogens is 280 g/mol. The summed E-state index contributed by atoms with van der Waals surface area (Å²) in [5.41, 5.74) is 0. The standard InChI is InChI=1S/C18H34O4/c1-2-3-4-5-8-11-14-17(22-21)15-12-9-6-7-10-13-16-18(19)20/h12,15,17,21H,2-11,13-14,16H2,1H3,(H,19,20)/p-1/b15-12+. The Kier molecular flexibility index (Phi) is 15.8. The molecule has 130 valence electrons. The Morgan fingerprint density at radius 3 is 2.36 bits per heavy atom. The Hall–Kier alpha value is -0.870. The van der Waals surface area contributed by atoms with E-state index in [0.29, 0.717) is 6.42 Å². The van der Waals surface area contributed by atoms with Gasteiger partial charge in [-0.1, -0.05) is 70.4 Å². The Morgan fingerprint density at radius 2 is 1.68 bits per heavy atom. The number of carboxylic acid groups (broad SMARTS) is 1. The summed E-state index contributed by atoms with van der Waals surface area (Å²) in [4.78, 5) is 14.7. The van der Waals surface area contributed by atoms with Crippen LogP contribution in [-0.4, -0.2) is 17.3 Å². The number of aliphatic carboxylic acids is 1. The van der Waals surface area contributed by atoms with Crippen LogP contribution in [0.25, 0.3) is 0 Å². The van der Waals surface area contributed by atoms with Gasteiger partial charge in [0.05, 0.1) is 0 Å². The zero-order valence-electron chi connectivity index (χ0n) is 14.1. The summed E-state index contributed by atoms with van der Waals surface area (Å²) in [7, 11) is 0. The van der Waals surface area contributed by atoms with E-state index in [2.05, 4.69) is 17.9 Å². The molecule has 0 spiro atoms. The maximum atomic E-state index is 10.2. The second-order valence-corrected chi connectivity index (χ2v) is 5.95. The van der Waals surface area contributed by atoms with Crippen LogP contribution >= 0.6 is 0 Å². The van der Waals surface area contributed by atoms with Gasteiger partial charge in [-0.3, -0.25) is 5.26 Å². The Bertz CT molecular complexity index is 276. The summed E-state index contributed by atoms with van der Waals surface area (Å²) < 4.78 is 0. The van der Waals surface area contributed by atoms with Gasteiger partial charge in [0, 0.05) is 5.97 Å². The van der Waals surface area contributed by atoms with Crippen molar-refractivity contribution in [3.8, 4) is 0 Å². The van der Waals surface area contributed by atoms with Crippen LogP contribution in [0.1, 0.15) is 90.4 Å². The Balaban J connectivity index is 3.47. The molecule has 22 heavy (non-hydrogen) atoms. The quantitative estimate of drug-likeness (QED) is 0.200. The summed E-state index contributed by atoms with van der Waals surface area (Å²) >= 11 is 0. The van der Waals surface area contributed by atoms with Gasteiger partial charge in [0.1, 0.15) is 6.10 Å². The lowest BCUT2D eigenvalue weighted by Gasteiger charge is -2.08. The van der Waals surface area contributed by atoms with Crippen LogP contribution in [0, 0.1) is 0 Å². The van der Waals surface area contributed by atoms with Crippen molar-refractivity contribution in [2.75, 3.05) is 0 Å². The fourth-order valence-corrected chi connectivity index (χ4v) is 2.44. The Labute approximate surface area is 135 Å². The van der Waals surface area contributed by atoms with Crippen LogP contribution in [0.3, 0.4) is 0 Å². The lowest BCUT2D eigenvalue weighted by molar-refractivity contribution is -0.305. The summed E-state index contributed by atoms with van der Waals surface area (Å²) in [5.74, 6) is -0.961. The second-order valence-electron chi connectivity index (χ2n) is 5.95. The third kappa shape index (κ3) is 15.5. The first-order valence-electron chi connectivity index (χ1n) is 8.87. The Morgan fingerprint density at radius 1 is 1.05 bits per heavy atom. The summed E-state index contributed by atoms with van der Waals surface area (Å²) in [6, 6.07) is 0. The van der Waals surface area contributed by atoms with Gasteiger partial charge in [-0.15, -0.1) is 0 Å². The molecule has 0 aliphatic rings. The molecule has 0 aromatic rings. The zero-order valence-corrected chi connectivity index (χ0v) is 14.1. The third-order valence-corrected chi connectivity index (χ3v) is 3.83. The van der Waals surface area contributed by atoms with E-state index in [1.807, 2.05) is 6.08 Å². The number of hydrogen-bond acceptors (Lipinski definition) is 4. The molecule has 0 bridgehead atoms. The number of rotatable bonds is 16. The van der Waals surface area contributed by atoms with E-state index >= 15 is 0 Å². The molecule has 0 aliphatic heterocycles. The fourth-order valence-electron chi connectivity index (χ4n) is 2.44. The van der Waals surface area contributed by atoms with Gasteiger partial charge >= 0.3 is 0 Å². The van der Waals surface area contributed by atoms with Crippen LogP contribution in [0.4, 0.5) is 0 Å². The first-order valence-corrected chi connectivity index (χ1v) is 8.87. The smallest absolute Gasteiger partial charge is 0.111 e. The fraction of sp³-hybridized carbons (Fsp3) is 0.833. The highest BCUT2D eigenvalue weighted by Crippen LogP contribution is 2.12. The minimum absolute atomic E-state index is 0.161. The monoisotopic (exact) mass is 313 g/mol. The van der Waals surface area contributed by atoms with Gasteiger partial charge in [-0.25, -0.2) is 4.89 Å². The number of carboxylic acids is 1. The predicted molar refractivity (Wildman–Crippen MR) is 87.3 cm³/mol. The van der Waals surface area contributed by atoms with Crippen molar-refractivity contribution in [1.82, 2.24) is 0 Å². The maximum Gasteiger partial charge on any atom is 0.111 e. The normalized spacial score (nSPS) is 12.8. The van der Waals surface area contributed by atoms with Crippen molar-refractivity contribution in [3.05, 3.63) is 12.2 Å². The number of carbonyl (C=O) groups is 1. The third-order valence-electron chi connectivity index (χ3n) is 3.83. The van der Waals surface area contributed by atoms with Crippen molar-refractivity contribution in [2.24, 2.45) is 0 Å². The number of hydrogen-bond donors (Lipinski definition) is 1. The molecule has 1 atom stereocenters. The summed E-state index contributed by atoms with van der Waals surface area (Å²) in [6.45, 7) is 2.21. The highest BCUT2D eigenvalue weighted by atomic mass is 17.1. The van der Waals surface area contributed by atoms with Gasteiger partial charge in [0.15, 0.2) is 0 Å². The second kappa shape index (κ2) is 16.5. The molecule has 4 heteroatoms. The van der Waals surface area contributed by atoms with Crippen molar-refractivity contribution in [3.63, 3.8) is 0 Å². The number of allylic oxidation sites excluding steroid dienone is 1. The molecular formula is C18H33O4-. The van der Waals surface area contributed by atoms with Crippen LogP contribution in [0.5, 0.6) is 0 Å². The van der Waals surface area contributed by atoms with Gasteiger partial charge in [-0.05, 0) is 32.1 Å². The van der Waals surface area contributed by atoms with Crippen LogP contribution in [0.15, 0.2) is 12.2 Å². The van der Waals surface area contributed by atoms with E-state index in [1.165, 1.54) is 32.1 Å². The summed E-state index contributed by atoms with van der Waals surface area (Å²) in [6.07, 6.45) is 16.9. The molecule has 0 saturated heterocycles. The van der Waals surface area contributed by atoms with E-state index in [9.17, 15) is 9.90 Å². The molecule has 0 rings (SSSR count). The lowest BCUT2D eigenvalue weighted by atomic mass is 10.1. The molecule has 0 saturated carbocycles. The maximum absolute atomic E-state index is 10.2. The molecule has 0 fully saturated rings. The first-order chi connectivity index (χ1) is 10.7. The minimum atomic E-state index is -0.961. The van der Waals surface area contributed by atoms with Gasteiger partial charge in [0.25, 0.3) is 0 Å². The molecule has 0 aromatic heterocycles. The lowest BCUT2D eigenvalue weighted by Crippen LogP contribution is -2.21. The van der Waals surface area contributed by atoms with Crippen LogP contribution < -0.4 is 5.11 Å². The average Bonchev–Trinajstić information content (AvgIpc) is 2.50. The van der Waals surface area contributed by atoms with Gasteiger partial charge < -0.3 is 9.90 Å². The van der Waals surface area contributed by atoms with Crippen molar-refractivity contribution in [2.45, 2.75) is 96.5 Å². The van der Waals surface area contributed by atoms with E-state index in [0.717, 1.165) is 38.5 Å². The highest BCUT2D eigenvalue weighted by Gasteiger charge is 2.03. The van der Waals surface area contributed by atoms with Crippen molar-refractivity contribution in [1.29, 1.82) is 0 Å². The molecule has 0 aromatic carbocycles. The van der Waals surface area contributed by atoms with Crippen LogP contribution in [-0.2, 0) is 9.68 Å². The van der Waals surface area contributed by atoms with Gasteiger partial charge in [0.2, 0.25) is 0 Å². The van der Waals surface area contributed by atoms with E-state index in [1.54, 1.807) is 0 Å². The van der Waals surface area contributed by atoms with Crippen molar-refractivity contribution >= 4 is 5.97 Å². The average molecular weight is 313 g/mol. The molecule has 0 aliphatic carbocycles. The minimum Gasteiger partial charge on any atom is -0.550 e. The van der Waals surface area contributed by atoms with Crippen molar-refractivity contribution < 1.29 is 20.0 Å². The largest absolute Gasteiger partial charge is 0.550 e. The SMILES string of the molecule is CCCCCCCCC(/C=C/CCCCCCC(=O)[O-])OO. The predicted octanol–water partition coefficient (Wildman–Crippen LogP) is 4.24. The first kappa shape index (κ1) is 21.1. The summed E-state index contributed by atoms with van der Waals surface area (Å²) in [5, 5.41) is 19.1.